The zero-order valence-electron chi connectivity index (χ0n) is 14.0. The van der Waals surface area contributed by atoms with E-state index in [1.165, 1.54) is 6.42 Å². The van der Waals surface area contributed by atoms with Crippen LogP contribution in [0.25, 0.3) is 0 Å². The van der Waals surface area contributed by atoms with Crippen molar-refractivity contribution in [3.63, 3.8) is 0 Å². The minimum atomic E-state index is 0.197. The molecule has 0 spiro atoms. The minimum absolute atomic E-state index is 0.197. The van der Waals surface area contributed by atoms with Crippen molar-refractivity contribution in [1.82, 2.24) is 24.6 Å². The molecule has 2 atom stereocenters. The van der Waals surface area contributed by atoms with Crippen LogP contribution < -0.4 is 4.90 Å². The summed E-state index contributed by atoms with van der Waals surface area (Å²) >= 11 is 5.88. The van der Waals surface area contributed by atoms with Crippen molar-refractivity contribution in [1.29, 1.82) is 0 Å². The summed E-state index contributed by atoms with van der Waals surface area (Å²) in [5, 5.41) is 4.74. The number of fused-ring (bicyclic) bond motifs is 4. The fraction of sp³-hybridized carbons (Fsp3) is 0.529. The van der Waals surface area contributed by atoms with E-state index in [-0.39, 0.29) is 11.9 Å². The Labute approximate surface area is 151 Å². The molecule has 0 saturated carbocycles. The van der Waals surface area contributed by atoms with Crippen LogP contribution in [0.4, 0.5) is 5.82 Å². The van der Waals surface area contributed by atoms with E-state index in [4.69, 9.17) is 11.6 Å². The molecule has 3 saturated heterocycles. The molecule has 3 aliphatic rings. The van der Waals surface area contributed by atoms with E-state index in [0.717, 1.165) is 31.9 Å². The molecule has 2 unspecified atom stereocenters. The molecule has 2 bridgehead atoms. The number of piperidine rings is 1. The molecule has 1 amide bonds. The van der Waals surface area contributed by atoms with Gasteiger partial charge in [-0.25, -0.2) is 4.98 Å². The number of hydrogen-bond acceptors (Lipinski definition) is 5. The summed E-state index contributed by atoms with van der Waals surface area (Å²) < 4.78 is 1.72. The second-order valence-corrected chi connectivity index (χ2v) is 7.22. The highest BCUT2D eigenvalue weighted by Crippen LogP contribution is 2.30. The first-order chi connectivity index (χ1) is 12.2. The molecule has 3 fully saturated rings. The standard InChI is InChI=1S/C17H21ClN6O/c18-14-7-21-23(11-14)6-3-17(25)24-10-13-1-2-15(24)12-22(9-13)16-8-19-4-5-20-16/h4-5,7-8,11,13,15H,1-3,6,9-10,12H2. The van der Waals surface area contributed by atoms with E-state index in [0.29, 0.717) is 23.9 Å². The number of nitrogens with zero attached hydrogens (tertiary/aromatic N) is 6. The SMILES string of the molecule is O=C(CCn1cc(Cl)cn1)N1CC2CCC1CN(c1cnccn1)C2. The molecule has 5 rings (SSSR count). The van der Waals surface area contributed by atoms with Crippen molar-refractivity contribution >= 4 is 23.3 Å². The lowest BCUT2D eigenvalue weighted by Gasteiger charge is -2.36. The van der Waals surface area contributed by atoms with E-state index in [9.17, 15) is 4.79 Å². The average Bonchev–Trinajstić information content (AvgIpc) is 2.85. The Balaban J connectivity index is 1.42. The molecule has 25 heavy (non-hydrogen) atoms. The van der Waals surface area contributed by atoms with Gasteiger partial charge in [0.1, 0.15) is 5.82 Å². The summed E-state index contributed by atoms with van der Waals surface area (Å²) in [6, 6.07) is 0.245. The third-order valence-electron chi connectivity index (χ3n) is 5.06. The van der Waals surface area contributed by atoms with Gasteiger partial charge >= 0.3 is 0 Å². The molecular weight excluding hydrogens is 340 g/mol. The summed E-state index contributed by atoms with van der Waals surface area (Å²) in [6.07, 6.45) is 11.2. The maximum atomic E-state index is 12.8. The van der Waals surface area contributed by atoms with Gasteiger partial charge < -0.3 is 9.80 Å². The number of amides is 1. The number of carbonyl (C=O) groups is 1. The highest BCUT2D eigenvalue weighted by Gasteiger charge is 2.37. The number of rotatable bonds is 4. The third-order valence-corrected chi connectivity index (χ3v) is 5.26. The van der Waals surface area contributed by atoms with Gasteiger partial charge in [-0.2, -0.15) is 5.10 Å². The summed E-state index contributed by atoms with van der Waals surface area (Å²) in [7, 11) is 0. The Morgan fingerprint density at radius 3 is 2.88 bits per heavy atom. The topological polar surface area (TPSA) is 67.2 Å². The quantitative estimate of drug-likeness (QED) is 0.832. The molecule has 8 heteroatoms. The van der Waals surface area contributed by atoms with Gasteiger partial charge in [0.05, 0.1) is 17.4 Å². The smallest absolute Gasteiger partial charge is 0.224 e. The van der Waals surface area contributed by atoms with Crippen LogP contribution in [0.3, 0.4) is 0 Å². The third kappa shape index (κ3) is 3.61. The molecule has 0 aliphatic carbocycles. The number of carbonyl (C=O) groups excluding carboxylic acids is 1. The molecule has 0 N–H and O–H groups in total. The van der Waals surface area contributed by atoms with Crippen LogP contribution in [0.2, 0.25) is 5.02 Å². The molecule has 7 nitrogen and oxygen atoms in total. The van der Waals surface area contributed by atoms with E-state index in [1.807, 2.05) is 0 Å². The Bertz CT molecular complexity index is 736. The summed E-state index contributed by atoms with van der Waals surface area (Å²) in [4.78, 5) is 25.7. The first kappa shape index (κ1) is 16.3. The molecule has 3 aliphatic heterocycles. The zero-order chi connectivity index (χ0) is 17.2. The van der Waals surface area contributed by atoms with Gasteiger partial charge in [0.2, 0.25) is 5.91 Å². The maximum Gasteiger partial charge on any atom is 0.224 e. The van der Waals surface area contributed by atoms with E-state index < -0.39 is 0 Å². The fourth-order valence-electron chi connectivity index (χ4n) is 3.84. The lowest BCUT2D eigenvalue weighted by atomic mass is 9.95. The molecule has 0 aromatic carbocycles. The Hall–Kier alpha value is -2.15. The number of anilines is 1. The first-order valence-corrected chi connectivity index (χ1v) is 9.05. The zero-order valence-corrected chi connectivity index (χ0v) is 14.7. The van der Waals surface area contributed by atoms with E-state index in [1.54, 1.807) is 35.7 Å². The number of hydrogen-bond donors (Lipinski definition) is 0. The van der Waals surface area contributed by atoms with Crippen molar-refractivity contribution in [2.24, 2.45) is 5.92 Å². The van der Waals surface area contributed by atoms with Crippen LogP contribution in [0, 0.1) is 5.92 Å². The van der Waals surface area contributed by atoms with Gasteiger partial charge in [-0.3, -0.25) is 14.5 Å². The van der Waals surface area contributed by atoms with Gasteiger partial charge in [-0.1, -0.05) is 11.6 Å². The van der Waals surface area contributed by atoms with Crippen molar-refractivity contribution < 1.29 is 4.79 Å². The Kier molecular flexibility index (Phi) is 4.57. The van der Waals surface area contributed by atoms with Crippen molar-refractivity contribution in [3.8, 4) is 0 Å². The van der Waals surface area contributed by atoms with Gasteiger partial charge in [-0.05, 0) is 18.8 Å². The first-order valence-electron chi connectivity index (χ1n) is 8.67. The average molecular weight is 361 g/mol. The Morgan fingerprint density at radius 1 is 1.20 bits per heavy atom. The summed E-state index contributed by atoms with van der Waals surface area (Å²) in [5.74, 6) is 1.59. The number of aromatic nitrogens is 4. The highest BCUT2D eigenvalue weighted by molar-refractivity contribution is 6.30. The maximum absolute atomic E-state index is 12.8. The van der Waals surface area contributed by atoms with Crippen LogP contribution in [-0.2, 0) is 11.3 Å². The van der Waals surface area contributed by atoms with Gasteiger partial charge in [0, 0.05) is 57.2 Å². The van der Waals surface area contributed by atoms with Gasteiger partial charge in [-0.15, -0.1) is 0 Å². The normalized spacial score (nSPS) is 22.9. The monoisotopic (exact) mass is 360 g/mol. The van der Waals surface area contributed by atoms with Crippen LogP contribution in [0.5, 0.6) is 0 Å². The van der Waals surface area contributed by atoms with Gasteiger partial charge in [0.25, 0.3) is 0 Å². The largest absolute Gasteiger partial charge is 0.353 e. The predicted octanol–water partition coefficient (Wildman–Crippen LogP) is 1.84. The molecule has 0 radical (unpaired) electrons. The van der Waals surface area contributed by atoms with Crippen LogP contribution in [0.1, 0.15) is 19.3 Å². The second-order valence-electron chi connectivity index (χ2n) is 6.78. The van der Waals surface area contributed by atoms with Crippen molar-refractivity contribution in [2.45, 2.75) is 31.8 Å². The van der Waals surface area contributed by atoms with Crippen molar-refractivity contribution in [2.75, 3.05) is 24.5 Å². The molecular formula is C17H21ClN6O. The molecule has 2 aromatic heterocycles. The molecule has 5 heterocycles. The molecule has 2 aromatic rings. The summed E-state index contributed by atoms with van der Waals surface area (Å²) in [5.41, 5.74) is 0. The number of halogens is 1. The van der Waals surface area contributed by atoms with E-state index >= 15 is 0 Å². The van der Waals surface area contributed by atoms with E-state index in [2.05, 4.69) is 24.9 Å². The highest BCUT2D eigenvalue weighted by atomic mass is 35.5. The predicted molar refractivity (Wildman–Crippen MR) is 94.3 cm³/mol. The van der Waals surface area contributed by atoms with Crippen LogP contribution in [-0.4, -0.2) is 56.2 Å². The fourth-order valence-corrected chi connectivity index (χ4v) is 4.00. The lowest BCUT2D eigenvalue weighted by molar-refractivity contribution is -0.135. The van der Waals surface area contributed by atoms with Crippen LogP contribution in [0.15, 0.2) is 31.0 Å². The van der Waals surface area contributed by atoms with Crippen LogP contribution >= 0.6 is 11.6 Å². The molecule has 132 valence electrons. The second kappa shape index (κ2) is 7.00. The Morgan fingerprint density at radius 2 is 2.12 bits per heavy atom. The van der Waals surface area contributed by atoms with Gasteiger partial charge in [0.15, 0.2) is 0 Å². The van der Waals surface area contributed by atoms with Crippen molar-refractivity contribution in [3.05, 3.63) is 36.0 Å². The lowest BCUT2D eigenvalue weighted by Crippen LogP contribution is -2.47. The summed E-state index contributed by atoms with van der Waals surface area (Å²) in [6.45, 7) is 3.16. The number of aryl methyl sites for hydroxylation is 1. The minimum Gasteiger partial charge on any atom is -0.353 e.